The Morgan fingerprint density at radius 2 is 1.66 bits per heavy atom. The lowest BCUT2D eigenvalue weighted by Crippen LogP contribution is -2.31. The second-order valence-corrected chi connectivity index (χ2v) is 18.6. The van der Waals surface area contributed by atoms with Crippen LogP contribution in [0.15, 0.2) is 59.4 Å². The molecule has 1 saturated heterocycles. The Balaban J connectivity index is 1.72. The quantitative estimate of drug-likeness (QED) is 0.131. The van der Waals surface area contributed by atoms with Crippen LogP contribution < -0.4 is 10.5 Å². The van der Waals surface area contributed by atoms with Crippen molar-refractivity contribution in [2.75, 3.05) is 24.6 Å². The zero-order valence-electron chi connectivity index (χ0n) is 24.4. The molecule has 0 spiro atoms. The van der Waals surface area contributed by atoms with Crippen molar-refractivity contribution in [3.05, 3.63) is 76.2 Å². The van der Waals surface area contributed by atoms with Gasteiger partial charge in [0.15, 0.2) is 5.65 Å². The van der Waals surface area contributed by atoms with Crippen LogP contribution in [0.5, 0.6) is 0 Å². The topological polar surface area (TPSA) is 91.9 Å². The maximum absolute atomic E-state index is 14.2. The molecular formula is C31H39N4O4SSi-. The Bertz CT molecular complexity index is 1590. The van der Waals surface area contributed by atoms with Crippen LogP contribution in [0.4, 0.5) is 5.69 Å². The fourth-order valence-electron chi connectivity index (χ4n) is 5.47. The van der Waals surface area contributed by atoms with Crippen molar-refractivity contribution in [2.24, 2.45) is 0 Å². The van der Waals surface area contributed by atoms with E-state index in [0.29, 0.717) is 24.5 Å². The molecule has 0 bridgehead atoms. The van der Waals surface area contributed by atoms with Gasteiger partial charge in [-0.15, -0.1) is 0 Å². The molecule has 1 atom stereocenters. The van der Waals surface area contributed by atoms with Crippen LogP contribution in [0.1, 0.15) is 30.5 Å². The largest absolute Gasteiger partial charge is 0.772 e. The first-order valence-corrected chi connectivity index (χ1v) is 19.3. The Morgan fingerprint density at radius 3 is 2.29 bits per heavy atom. The molecular weight excluding hydrogens is 553 g/mol. The number of anilines is 1. The van der Waals surface area contributed by atoms with E-state index < -0.39 is 19.2 Å². The highest BCUT2D eigenvalue weighted by atomic mass is 32.2. The third-order valence-electron chi connectivity index (χ3n) is 7.73. The van der Waals surface area contributed by atoms with Gasteiger partial charge in [-0.3, -0.25) is 9.00 Å². The van der Waals surface area contributed by atoms with Gasteiger partial charge in [-0.1, -0.05) is 85.3 Å². The van der Waals surface area contributed by atoms with E-state index in [1.807, 2.05) is 49.4 Å². The predicted molar refractivity (Wildman–Crippen MR) is 168 cm³/mol. The van der Waals surface area contributed by atoms with E-state index in [0.717, 1.165) is 65.8 Å². The van der Waals surface area contributed by atoms with Crippen LogP contribution in [0, 0.1) is 6.92 Å². The van der Waals surface area contributed by atoms with Crippen molar-refractivity contribution in [3.63, 3.8) is 0 Å². The molecule has 0 radical (unpaired) electrons. The SMILES string of the molecule is Cc1c(-c2ccc(CS(=O)[O-])cc2)c(=O)n2nc(-c3ccccc3)c(N3CCCCC3)c2n1COCC[Si](C)(C)C. The molecule has 0 aliphatic carbocycles. The molecule has 4 aromatic rings. The van der Waals surface area contributed by atoms with Crippen molar-refractivity contribution < 1.29 is 13.5 Å². The summed E-state index contributed by atoms with van der Waals surface area (Å²) in [6, 6.07) is 18.3. The summed E-state index contributed by atoms with van der Waals surface area (Å²) in [6.45, 7) is 11.8. The van der Waals surface area contributed by atoms with Crippen LogP contribution in [0.25, 0.3) is 28.0 Å². The van der Waals surface area contributed by atoms with Gasteiger partial charge < -0.3 is 18.8 Å². The Hall–Kier alpha value is -3.05. The van der Waals surface area contributed by atoms with Gasteiger partial charge in [0.25, 0.3) is 5.56 Å². The van der Waals surface area contributed by atoms with Gasteiger partial charge in [0.1, 0.15) is 18.1 Å². The van der Waals surface area contributed by atoms with Crippen LogP contribution >= 0.6 is 0 Å². The highest BCUT2D eigenvalue weighted by Gasteiger charge is 2.28. The lowest BCUT2D eigenvalue weighted by molar-refractivity contribution is 0.0878. The van der Waals surface area contributed by atoms with Gasteiger partial charge in [0.05, 0.1) is 5.56 Å². The van der Waals surface area contributed by atoms with Crippen molar-refractivity contribution in [1.82, 2.24) is 14.2 Å². The van der Waals surface area contributed by atoms with E-state index in [1.54, 1.807) is 16.6 Å². The predicted octanol–water partition coefficient (Wildman–Crippen LogP) is 5.82. The molecule has 0 amide bonds. The number of aromatic nitrogens is 3. The number of ether oxygens (including phenoxy) is 1. The second kappa shape index (κ2) is 12.4. The van der Waals surface area contributed by atoms with Crippen molar-refractivity contribution in [3.8, 4) is 22.4 Å². The molecule has 1 fully saturated rings. The van der Waals surface area contributed by atoms with Gasteiger partial charge in [0, 0.05) is 44.8 Å². The maximum atomic E-state index is 14.2. The molecule has 41 heavy (non-hydrogen) atoms. The smallest absolute Gasteiger partial charge is 0.282 e. The van der Waals surface area contributed by atoms with Crippen LogP contribution in [0.2, 0.25) is 25.7 Å². The fourth-order valence-corrected chi connectivity index (χ4v) is 6.69. The number of rotatable bonds is 10. The Labute approximate surface area is 245 Å². The van der Waals surface area contributed by atoms with E-state index in [9.17, 15) is 13.6 Å². The summed E-state index contributed by atoms with van der Waals surface area (Å²) >= 11 is -2.18. The lowest BCUT2D eigenvalue weighted by atomic mass is 10.0. The van der Waals surface area contributed by atoms with Crippen molar-refractivity contribution in [2.45, 2.75) is 64.4 Å². The van der Waals surface area contributed by atoms with Gasteiger partial charge in [-0.05, 0) is 43.4 Å². The van der Waals surface area contributed by atoms with Gasteiger partial charge in [-0.25, -0.2) is 0 Å². The summed E-state index contributed by atoms with van der Waals surface area (Å²) in [5.74, 6) is -0.0632. The number of nitrogens with zero attached hydrogens (tertiary/aromatic N) is 4. The zero-order valence-corrected chi connectivity index (χ0v) is 26.2. The van der Waals surface area contributed by atoms with E-state index >= 15 is 0 Å². The third kappa shape index (κ3) is 6.56. The minimum Gasteiger partial charge on any atom is -0.772 e. The summed E-state index contributed by atoms with van der Waals surface area (Å²) < 4.78 is 32.4. The first-order chi connectivity index (χ1) is 19.6. The van der Waals surface area contributed by atoms with Crippen LogP contribution in [0.3, 0.4) is 0 Å². The van der Waals surface area contributed by atoms with Gasteiger partial charge in [0.2, 0.25) is 0 Å². The number of fused-ring (bicyclic) bond motifs is 1. The fraction of sp³-hybridized carbons (Fsp3) is 0.419. The van der Waals surface area contributed by atoms with Crippen LogP contribution in [-0.2, 0) is 28.3 Å². The number of piperidine rings is 1. The molecule has 1 aliphatic heterocycles. The third-order valence-corrected chi connectivity index (χ3v) is 10.0. The molecule has 3 heterocycles. The lowest BCUT2D eigenvalue weighted by Gasteiger charge is -2.30. The minimum atomic E-state index is -2.18. The van der Waals surface area contributed by atoms with E-state index in [2.05, 4.69) is 29.1 Å². The summed E-state index contributed by atoms with van der Waals surface area (Å²) in [7, 11) is -1.28. The average Bonchev–Trinajstić information content (AvgIpc) is 3.34. The molecule has 5 rings (SSSR count). The Kier molecular flexibility index (Phi) is 8.93. The van der Waals surface area contributed by atoms with Crippen LogP contribution in [-0.4, -0.2) is 50.7 Å². The van der Waals surface area contributed by atoms with Crippen molar-refractivity contribution >= 4 is 30.5 Å². The van der Waals surface area contributed by atoms with E-state index in [1.165, 1.54) is 6.42 Å². The average molecular weight is 592 g/mol. The highest BCUT2D eigenvalue weighted by molar-refractivity contribution is 7.78. The molecule has 1 aliphatic rings. The monoisotopic (exact) mass is 591 g/mol. The summed E-state index contributed by atoms with van der Waals surface area (Å²) in [6.07, 6.45) is 3.39. The molecule has 0 saturated carbocycles. The standard InChI is InChI=1S/C31H40N4O4SSi/c1-23-27(25-15-13-24(14-16-25)21-40(37)38)31(36)35-30(34(23)22-39-19-20-41(2,3)4)29(33-17-9-6-10-18-33)28(32-35)26-11-7-5-8-12-26/h5,7-8,11-16H,6,9-10,17-22H2,1-4H3,(H,37,38)/p-1. The van der Waals surface area contributed by atoms with Gasteiger partial charge in [-0.2, -0.15) is 9.61 Å². The minimum absolute atomic E-state index is 0.0632. The van der Waals surface area contributed by atoms with Gasteiger partial charge >= 0.3 is 0 Å². The molecule has 8 nitrogen and oxygen atoms in total. The summed E-state index contributed by atoms with van der Waals surface area (Å²) in [4.78, 5) is 16.6. The first-order valence-electron chi connectivity index (χ1n) is 14.3. The molecule has 218 valence electrons. The molecule has 2 aromatic carbocycles. The molecule has 10 heteroatoms. The van der Waals surface area contributed by atoms with E-state index in [-0.39, 0.29) is 11.3 Å². The number of benzene rings is 2. The maximum Gasteiger partial charge on any atom is 0.282 e. The first kappa shape index (κ1) is 29.4. The second-order valence-electron chi connectivity index (χ2n) is 12.0. The molecule has 0 N–H and O–H groups in total. The highest BCUT2D eigenvalue weighted by Crippen LogP contribution is 2.37. The van der Waals surface area contributed by atoms with Crippen molar-refractivity contribution in [1.29, 1.82) is 0 Å². The zero-order chi connectivity index (χ0) is 29.1. The number of hydrogen-bond acceptors (Lipinski definition) is 6. The number of hydrogen-bond donors (Lipinski definition) is 0. The summed E-state index contributed by atoms with van der Waals surface area (Å²) in [5.41, 5.74) is 6.03. The normalized spacial score (nSPS) is 15.0. The Morgan fingerprint density at radius 1 is 0.976 bits per heavy atom. The molecule has 2 aromatic heterocycles. The molecule has 1 unspecified atom stereocenters. The summed E-state index contributed by atoms with van der Waals surface area (Å²) in [5, 5.41) is 4.98. The van der Waals surface area contributed by atoms with E-state index in [4.69, 9.17) is 9.84 Å².